The molecule has 2 N–H and O–H groups in total. The highest BCUT2D eigenvalue weighted by atomic mass is 16.4. The first kappa shape index (κ1) is 19.4. The second-order valence-electron chi connectivity index (χ2n) is 7.15. The first-order valence-electron chi connectivity index (χ1n) is 9.62. The number of carbonyl (C=O) groups is 2. The van der Waals surface area contributed by atoms with Crippen LogP contribution in [0.2, 0.25) is 0 Å². The maximum atomic E-state index is 12.6. The van der Waals surface area contributed by atoms with Gasteiger partial charge in [-0.3, -0.25) is 9.78 Å². The van der Waals surface area contributed by atoms with E-state index in [0.717, 1.165) is 16.7 Å². The van der Waals surface area contributed by atoms with Gasteiger partial charge < -0.3 is 15.0 Å². The molecule has 6 nitrogen and oxygen atoms in total. The molecule has 2 aromatic heterocycles. The minimum Gasteiger partial charge on any atom is -0.477 e. The summed E-state index contributed by atoms with van der Waals surface area (Å²) in [6.07, 6.45) is 1.64. The minimum absolute atomic E-state index is 0.0572. The molecule has 0 radical (unpaired) electrons. The van der Waals surface area contributed by atoms with E-state index < -0.39 is 5.97 Å². The Labute approximate surface area is 173 Å². The SMILES string of the molecule is Cc1cccc(-c2nccc3c2cc(C(=O)O)n3CC(=O)NCc2ccccc2)c1. The first-order valence-corrected chi connectivity index (χ1v) is 9.62. The third kappa shape index (κ3) is 3.93. The van der Waals surface area contributed by atoms with Crippen LogP contribution in [0.3, 0.4) is 0 Å². The molecule has 0 atom stereocenters. The summed E-state index contributed by atoms with van der Waals surface area (Å²) in [5.41, 5.74) is 4.39. The van der Waals surface area contributed by atoms with E-state index in [0.29, 0.717) is 23.1 Å². The molecule has 30 heavy (non-hydrogen) atoms. The van der Waals surface area contributed by atoms with Crippen LogP contribution >= 0.6 is 0 Å². The minimum atomic E-state index is -1.09. The zero-order chi connectivity index (χ0) is 21.1. The van der Waals surface area contributed by atoms with Crippen molar-refractivity contribution in [2.24, 2.45) is 0 Å². The zero-order valence-electron chi connectivity index (χ0n) is 16.5. The number of nitrogens with zero attached hydrogens (tertiary/aromatic N) is 2. The van der Waals surface area contributed by atoms with E-state index in [2.05, 4.69) is 10.3 Å². The molecular formula is C24H21N3O3. The van der Waals surface area contributed by atoms with Gasteiger partial charge in [-0.25, -0.2) is 4.79 Å². The molecule has 0 aliphatic heterocycles. The number of amides is 1. The maximum absolute atomic E-state index is 12.6. The van der Waals surface area contributed by atoms with Crippen LogP contribution in [0.4, 0.5) is 0 Å². The summed E-state index contributed by atoms with van der Waals surface area (Å²) in [6, 6.07) is 20.8. The topological polar surface area (TPSA) is 84.2 Å². The Morgan fingerprint density at radius 2 is 1.83 bits per heavy atom. The van der Waals surface area contributed by atoms with Gasteiger partial charge in [-0.15, -0.1) is 0 Å². The number of carboxylic acid groups (broad SMARTS) is 1. The summed E-state index contributed by atoms with van der Waals surface area (Å²) >= 11 is 0. The van der Waals surface area contributed by atoms with Crippen LogP contribution in [0.25, 0.3) is 22.2 Å². The summed E-state index contributed by atoms with van der Waals surface area (Å²) in [7, 11) is 0. The van der Waals surface area contributed by atoms with Crippen LogP contribution in [0.15, 0.2) is 72.9 Å². The second kappa shape index (κ2) is 8.21. The zero-order valence-corrected chi connectivity index (χ0v) is 16.5. The molecule has 150 valence electrons. The third-order valence-electron chi connectivity index (χ3n) is 4.97. The second-order valence-corrected chi connectivity index (χ2v) is 7.15. The number of rotatable bonds is 6. The number of aromatic nitrogens is 2. The fourth-order valence-corrected chi connectivity index (χ4v) is 3.55. The lowest BCUT2D eigenvalue weighted by molar-refractivity contribution is -0.121. The highest BCUT2D eigenvalue weighted by Gasteiger charge is 2.19. The van der Waals surface area contributed by atoms with Crippen LogP contribution < -0.4 is 5.32 Å². The van der Waals surface area contributed by atoms with E-state index in [1.165, 1.54) is 4.57 Å². The summed E-state index contributed by atoms with van der Waals surface area (Å²) in [5.74, 6) is -1.34. The van der Waals surface area contributed by atoms with E-state index in [1.54, 1.807) is 18.3 Å². The number of pyridine rings is 1. The van der Waals surface area contributed by atoms with Crippen molar-refractivity contribution in [1.82, 2.24) is 14.9 Å². The molecule has 4 rings (SSSR count). The van der Waals surface area contributed by atoms with Crippen LogP contribution in [0, 0.1) is 6.92 Å². The standard InChI is InChI=1S/C24H21N3O3/c1-16-6-5-9-18(12-16)23-19-13-21(24(29)30)27(20(19)10-11-25-23)15-22(28)26-14-17-7-3-2-4-8-17/h2-13H,14-15H2,1H3,(H,26,28)(H,29,30). The Morgan fingerprint density at radius 3 is 2.57 bits per heavy atom. The number of benzene rings is 2. The molecule has 0 spiro atoms. The van der Waals surface area contributed by atoms with Crippen LogP contribution in [0.1, 0.15) is 21.6 Å². The number of aromatic carboxylic acids is 1. The van der Waals surface area contributed by atoms with E-state index in [-0.39, 0.29) is 18.1 Å². The number of hydrogen-bond donors (Lipinski definition) is 2. The van der Waals surface area contributed by atoms with E-state index >= 15 is 0 Å². The Kier molecular flexibility index (Phi) is 5.30. The molecule has 1 amide bonds. The Bertz CT molecular complexity index is 1230. The smallest absolute Gasteiger partial charge is 0.352 e. The molecule has 2 heterocycles. The molecule has 0 saturated carbocycles. The van der Waals surface area contributed by atoms with E-state index in [9.17, 15) is 14.7 Å². The molecule has 0 fully saturated rings. The Morgan fingerprint density at radius 1 is 1.03 bits per heavy atom. The third-order valence-corrected chi connectivity index (χ3v) is 4.97. The van der Waals surface area contributed by atoms with Gasteiger partial charge in [0.05, 0.1) is 11.2 Å². The maximum Gasteiger partial charge on any atom is 0.352 e. The normalized spacial score (nSPS) is 10.8. The van der Waals surface area contributed by atoms with Crippen molar-refractivity contribution in [3.05, 3.63) is 89.7 Å². The quantitative estimate of drug-likeness (QED) is 0.513. The number of carboxylic acids is 1. The van der Waals surface area contributed by atoms with Gasteiger partial charge in [0, 0.05) is 23.7 Å². The van der Waals surface area contributed by atoms with Gasteiger partial charge in [-0.2, -0.15) is 0 Å². The van der Waals surface area contributed by atoms with Crippen LogP contribution in [-0.4, -0.2) is 26.5 Å². The van der Waals surface area contributed by atoms with Gasteiger partial charge in [0.2, 0.25) is 5.91 Å². The van der Waals surface area contributed by atoms with Crippen molar-refractivity contribution >= 4 is 22.8 Å². The average Bonchev–Trinajstić information content (AvgIpc) is 3.12. The van der Waals surface area contributed by atoms with Crippen molar-refractivity contribution in [3.8, 4) is 11.3 Å². The molecule has 0 unspecified atom stereocenters. The molecule has 6 heteroatoms. The fraction of sp³-hybridized carbons (Fsp3) is 0.125. The molecular weight excluding hydrogens is 378 g/mol. The van der Waals surface area contributed by atoms with Gasteiger partial charge in [0.15, 0.2) is 0 Å². The van der Waals surface area contributed by atoms with Gasteiger partial charge in [0.25, 0.3) is 0 Å². The van der Waals surface area contributed by atoms with Gasteiger partial charge in [-0.05, 0) is 30.7 Å². The number of hydrogen-bond acceptors (Lipinski definition) is 3. The van der Waals surface area contributed by atoms with Crippen molar-refractivity contribution < 1.29 is 14.7 Å². The largest absolute Gasteiger partial charge is 0.477 e. The highest BCUT2D eigenvalue weighted by molar-refractivity contribution is 6.01. The molecule has 0 bridgehead atoms. The van der Waals surface area contributed by atoms with Gasteiger partial charge in [0.1, 0.15) is 12.2 Å². The van der Waals surface area contributed by atoms with Gasteiger partial charge in [-0.1, -0.05) is 54.1 Å². The average molecular weight is 399 g/mol. The molecule has 2 aromatic carbocycles. The molecule has 0 aliphatic carbocycles. The summed E-state index contributed by atoms with van der Waals surface area (Å²) < 4.78 is 1.53. The predicted octanol–water partition coefficient (Wildman–Crippen LogP) is 4.03. The number of aryl methyl sites for hydroxylation is 1. The van der Waals surface area contributed by atoms with Crippen molar-refractivity contribution in [1.29, 1.82) is 0 Å². The lowest BCUT2D eigenvalue weighted by Gasteiger charge is -2.10. The van der Waals surface area contributed by atoms with Crippen molar-refractivity contribution in [2.75, 3.05) is 0 Å². The van der Waals surface area contributed by atoms with Crippen LogP contribution in [-0.2, 0) is 17.9 Å². The fourth-order valence-electron chi connectivity index (χ4n) is 3.55. The predicted molar refractivity (Wildman–Crippen MR) is 115 cm³/mol. The first-order chi connectivity index (χ1) is 14.5. The van der Waals surface area contributed by atoms with E-state index in [1.807, 2.05) is 61.5 Å². The van der Waals surface area contributed by atoms with Crippen LogP contribution in [0.5, 0.6) is 0 Å². The van der Waals surface area contributed by atoms with E-state index in [4.69, 9.17) is 0 Å². The number of carbonyl (C=O) groups excluding carboxylic acids is 1. The molecule has 0 saturated heterocycles. The molecule has 0 aliphatic rings. The summed E-state index contributed by atoms with van der Waals surface area (Å²) in [4.78, 5) is 28.9. The molecule has 4 aromatic rings. The van der Waals surface area contributed by atoms with Crippen molar-refractivity contribution in [3.63, 3.8) is 0 Å². The number of nitrogens with one attached hydrogen (secondary N) is 1. The summed E-state index contributed by atoms with van der Waals surface area (Å²) in [5, 5.41) is 13.3. The lowest BCUT2D eigenvalue weighted by atomic mass is 10.1. The van der Waals surface area contributed by atoms with Crippen molar-refractivity contribution in [2.45, 2.75) is 20.0 Å². The Balaban J connectivity index is 1.68. The highest BCUT2D eigenvalue weighted by Crippen LogP contribution is 2.30. The summed E-state index contributed by atoms with van der Waals surface area (Å²) in [6.45, 7) is 2.29. The number of fused-ring (bicyclic) bond motifs is 1. The Hall–Kier alpha value is -3.93. The van der Waals surface area contributed by atoms with Gasteiger partial charge >= 0.3 is 5.97 Å². The monoisotopic (exact) mass is 399 g/mol. The lowest BCUT2D eigenvalue weighted by Crippen LogP contribution is -2.28.